The van der Waals surface area contributed by atoms with E-state index in [0.717, 1.165) is 15.2 Å². The predicted octanol–water partition coefficient (Wildman–Crippen LogP) is 5.90. The lowest BCUT2D eigenvalue weighted by atomic mass is 10.0. The van der Waals surface area contributed by atoms with Gasteiger partial charge in [0, 0.05) is 10.6 Å². The molecular weight excluding hydrogens is 385 g/mol. The molecule has 0 bridgehead atoms. The molecule has 1 aromatic heterocycles. The van der Waals surface area contributed by atoms with Crippen LogP contribution in [0.5, 0.6) is 5.75 Å². The first-order valence-corrected chi connectivity index (χ1v) is 9.37. The SMILES string of the molecule is O=C(c1ccc(Cl)cc1)c1cc(F)ccc1OCc1nc2ccccc2s1. The van der Waals surface area contributed by atoms with Gasteiger partial charge in [-0.15, -0.1) is 11.3 Å². The quantitative estimate of drug-likeness (QED) is 0.393. The molecule has 134 valence electrons. The van der Waals surface area contributed by atoms with Gasteiger partial charge in [0.25, 0.3) is 0 Å². The summed E-state index contributed by atoms with van der Waals surface area (Å²) >= 11 is 7.39. The predicted molar refractivity (Wildman–Crippen MR) is 105 cm³/mol. The molecule has 27 heavy (non-hydrogen) atoms. The Bertz CT molecular complexity index is 1090. The fourth-order valence-corrected chi connectivity index (χ4v) is 3.69. The van der Waals surface area contributed by atoms with E-state index in [4.69, 9.17) is 16.3 Å². The molecule has 0 saturated heterocycles. The van der Waals surface area contributed by atoms with Gasteiger partial charge in [-0.2, -0.15) is 0 Å². The second kappa shape index (κ2) is 7.47. The van der Waals surface area contributed by atoms with Crippen LogP contribution in [-0.4, -0.2) is 10.8 Å². The van der Waals surface area contributed by atoms with E-state index in [9.17, 15) is 9.18 Å². The molecule has 0 atom stereocenters. The number of para-hydroxylation sites is 1. The topological polar surface area (TPSA) is 39.2 Å². The van der Waals surface area contributed by atoms with Crippen molar-refractivity contribution in [3.8, 4) is 5.75 Å². The summed E-state index contributed by atoms with van der Waals surface area (Å²) < 4.78 is 20.6. The van der Waals surface area contributed by atoms with Gasteiger partial charge in [-0.3, -0.25) is 4.79 Å². The third-order valence-corrected chi connectivity index (χ3v) is 5.24. The second-order valence-electron chi connectivity index (χ2n) is 5.84. The van der Waals surface area contributed by atoms with E-state index >= 15 is 0 Å². The molecule has 0 N–H and O–H groups in total. The zero-order valence-electron chi connectivity index (χ0n) is 14.0. The first-order valence-electron chi connectivity index (χ1n) is 8.17. The maximum absolute atomic E-state index is 13.8. The van der Waals surface area contributed by atoms with Crippen LogP contribution in [0.15, 0.2) is 66.7 Å². The Hall–Kier alpha value is -2.76. The molecule has 3 nitrogen and oxygen atoms in total. The van der Waals surface area contributed by atoms with Crippen LogP contribution in [-0.2, 0) is 6.61 Å². The zero-order valence-corrected chi connectivity index (χ0v) is 15.6. The minimum absolute atomic E-state index is 0.165. The minimum atomic E-state index is -0.500. The molecule has 0 fully saturated rings. The number of fused-ring (bicyclic) bond motifs is 1. The van der Waals surface area contributed by atoms with Crippen LogP contribution in [0.4, 0.5) is 4.39 Å². The number of aromatic nitrogens is 1. The summed E-state index contributed by atoms with van der Waals surface area (Å²) in [6.07, 6.45) is 0. The highest BCUT2D eigenvalue weighted by molar-refractivity contribution is 7.18. The molecule has 0 aliphatic rings. The fraction of sp³-hybridized carbons (Fsp3) is 0.0476. The van der Waals surface area contributed by atoms with Crippen LogP contribution in [0.3, 0.4) is 0 Å². The summed E-state index contributed by atoms with van der Waals surface area (Å²) in [5.41, 5.74) is 1.48. The highest BCUT2D eigenvalue weighted by atomic mass is 35.5. The van der Waals surface area contributed by atoms with Crippen LogP contribution in [0.25, 0.3) is 10.2 Å². The molecular formula is C21H13ClFNO2S. The number of thiazole rings is 1. The number of ketones is 1. The van der Waals surface area contributed by atoms with Crippen molar-refractivity contribution in [3.05, 3.63) is 93.7 Å². The maximum Gasteiger partial charge on any atom is 0.196 e. The van der Waals surface area contributed by atoms with Crippen molar-refractivity contribution in [2.24, 2.45) is 0 Å². The van der Waals surface area contributed by atoms with Gasteiger partial charge >= 0.3 is 0 Å². The number of halogens is 2. The molecule has 1 heterocycles. The molecule has 0 spiro atoms. The summed E-state index contributed by atoms with van der Waals surface area (Å²) in [7, 11) is 0. The van der Waals surface area contributed by atoms with Gasteiger partial charge < -0.3 is 4.74 Å². The van der Waals surface area contributed by atoms with Gasteiger partial charge in [0.15, 0.2) is 5.78 Å². The lowest BCUT2D eigenvalue weighted by molar-refractivity contribution is 0.103. The third-order valence-electron chi connectivity index (χ3n) is 3.98. The number of rotatable bonds is 5. The van der Waals surface area contributed by atoms with E-state index in [1.54, 1.807) is 24.3 Å². The molecule has 4 rings (SSSR count). The number of hydrogen-bond acceptors (Lipinski definition) is 4. The van der Waals surface area contributed by atoms with E-state index in [-0.39, 0.29) is 18.0 Å². The lowest BCUT2D eigenvalue weighted by Crippen LogP contribution is -2.06. The second-order valence-corrected chi connectivity index (χ2v) is 7.39. The molecule has 6 heteroatoms. The van der Waals surface area contributed by atoms with Crippen LogP contribution >= 0.6 is 22.9 Å². The largest absolute Gasteiger partial charge is 0.486 e. The van der Waals surface area contributed by atoms with E-state index in [0.29, 0.717) is 16.3 Å². The highest BCUT2D eigenvalue weighted by Gasteiger charge is 2.17. The van der Waals surface area contributed by atoms with Crippen molar-refractivity contribution in [1.29, 1.82) is 0 Å². The highest BCUT2D eigenvalue weighted by Crippen LogP contribution is 2.27. The number of carbonyl (C=O) groups is 1. The summed E-state index contributed by atoms with van der Waals surface area (Å²) in [4.78, 5) is 17.3. The number of carbonyl (C=O) groups excluding carboxylic acids is 1. The van der Waals surface area contributed by atoms with Crippen LogP contribution < -0.4 is 4.74 Å². The minimum Gasteiger partial charge on any atom is -0.486 e. The summed E-state index contributed by atoms with van der Waals surface area (Å²) in [5, 5.41) is 1.31. The normalized spacial score (nSPS) is 10.9. The number of benzene rings is 3. The average Bonchev–Trinajstić information content (AvgIpc) is 3.10. The van der Waals surface area contributed by atoms with Gasteiger partial charge in [-0.25, -0.2) is 9.37 Å². The molecule has 0 amide bonds. The molecule has 0 aliphatic heterocycles. The van der Waals surface area contributed by atoms with E-state index in [1.165, 1.54) is 29.5 Å². The number of hydrogen-bond donors (Lipinski definition) is 0. The smallest absolute Gasteiger partial charge is 0.196 e. The van der Waals surface area contributed by atoms with Gasteiger partial charge in [0.1, 0.15) is 23.2 Å². The Morgan fingerprint density at radius 2 is 1.85 bits per heavy atom. The summed E-state index contributed by atoms with van der Waals surface area (Å²) in [5.74, 6) is -0.513. The molecule has 0 unspecified atom stereocenters. The van der Waals surface area contributed by atoms with Crippen LogP contribution in [0, 0.1) is 5.82 Å². The van der Waals surface area contributed by atoms with E-state index in [2.05, 4.69) is 4.98 Å². The van der Waals surface area contributed by atoms with Crippen molar-refractivity contribution in [1.82, 2.24) is 4.98 Å². The van der Waals surface area contributed by atoms with Crippen LogP contribution in [0.2, 0.25) is 5.02 Å². The van der Waals surface area contributed by atoms with Crippen molar-refractivity contribution in [3.63, 3.8) is 0 Å². The zero-order chi connectivity index (χ0) is 18.8. The molecule has 3 aromatic carbocycles. The number of ether oxygens (including phenoxy) is 1. The Kier molecular flexibility index (Phi) is 4.88. The number of nitrogens with zero attached hydrogens (tertiary/aromatic N) is 1. The van der Waals surface area contributed by atoms with E-state index in [1.807, 2.05) is 24.3 Å². The van der Waals surface area contributed by atoms with Crippen molar-refractivity contribution in [2.45, 2.75) is 6.61 Å². The standard InChI is InChI=1S/C21H13ClFNO2S/c22-14-7-5-13(6-8-14)21(25)16-11-15(23)9-10-18(16)26-12-20-24-17-3-1-2-4-19(17)27-20/h1-11H,12H2. The van der Waals surface area contributed by atoms with Gasteiger partial charge in [0.2, 0.25) is 0 Å². The van der Waals surface area contributed by atoms with Crippen molar-refractivity contribution in [2.75, 3.05) is 0 Å². The van der Waals surface area contributed by atoms with Gasteiger partial charge in [-0.05, 0) is 54.6 Å². The molecule has 0 aliphatic carbocycles. The third kappa shape index (κ3) is 3.84. The maximum atomic E-state index is 13.8. The van der Waals surface area contributed by atoms with Gasteiger partial charge in [0.05, 0.1) is 15.8 Å². The first-order chi connectivity index (χ1) is 13.1. The van der Waals surface area contributed by atoms with Crippen LogP contribution in [0.1, 0.15) is 20.9 Å². The Morgan fingerprint density at radius 3 is 2.63 bits per heavy atom. The van der Waals surface area contributed by atoms with Crippen molar-refractivity contribution < 1.29 is 13.9 Å². The van der Waals surface area contributed by atoms with E-state index < -0.39 is 5.82 Å². The Labute approximate surface area is 164 Å². The summed E-state index contributed by atoms with van der Waals surface area (Å²) in [6.45, 7) is 0.200. The Morgan fingerprint density at radius 1 is 1.07 bits per heavy atom. The molecule has 0 radical (unpaired) electrons. The lowest BCUT2D eigenvalue weighted by Gasteiger charge is -2.10. The average molecular weight is 398 g/mol. The molecule has 4 aromatic rings. The fourth-order valence-electron chi connectivity index (χ4n) is 2.68. The summed E-state index contributed by atoms with van der Waals surface area (Å²) in [6, 6.07) is 18.2. The molecule has 0 saturated carbocycles. The Balaban J connectivity index is 1.60. The van der Waals surface area contributed by atoms with Crippen molar-refractivity contribution >= 4 is 38.9 Å². The van der Waals surface area contributed by atoms with Gasteiger partial charge in [-0.1, -0.05) is 23.7 Å². The first kappa shape index (κ1) is 17.6. The monoisotopic (exact) mass is 397 g/mol.